The van der Waals surface area contributed by atoms with E-state index in [0.717, 1.165) is 0 Å². The second-order valence-electron chi connectivity index (χ2n) is 2.04. The van der Waals surface area contributed by atoms with Gasteiger partial charge in [0.1, 0.15) is 0 Å². The van der Waals surface area contributed by atoms with Crippen LogP contribution in [0.25, 0.3) is 0 Å². The average Bonchev–Trinajstić information content (AvgIpc) is 1.64. The van der Waals surface area contributed by atoms with Crippen LogP contribution in [0, 0.1) is 0 Å². The SMILES string of the molecule is CC(C(N)=O)P(C)C. The van der Waals surface area contributed by atoms with E-state index in [9.17, 15) is 4.79 Å². The number of hydrogen-bond acceptors (Lipinski definition) is 1. The quantitative estimate of drug-likeness (QED) is 0.551. The van der Waals surface area contributed by atoms with Crippen LogP contribution >= 0.6 is 7.92 Å². The molecule has 0 saturated carbocycles. The number of primary amides is 1. The predicted octanol–water partition coefficient (Wildman–Crippen LogP) is 0.602. The average molecular weight is 133 g/mol. The Morgan fingerprint density at radius 2 is 2.00 bits per heavy atom. The lowest BCUT2D eigenvalue weighted by molar-refractivity contribution is -0.117. The zero-order valence-corrected chi connectivity index (χ0v) is 6.40. The van der Waals surface area contributed by atoms with Crippen molar-refractivity contribution in [3.05, 3.63) is 0 Å². The molecular formula is C5H12NOP. The number of hydrogen-bond donors (Lipinski definition) is 1. The highest BCUT2D eigenvalue weighted by molar-refractivity contribution is 7.57. The summed E-state index contributed by atoms with van der Waals surface area (Å²) in [7, 11) is -0.176. The highest BCUT2D eigenvalue weighted by Gasteiger charge is 2.10. The van der Waals surface area contributed by atoms with Crippen molar-refractivity contribution in [3.8, 4) is 0 Å². The highest BCUT2D eigenvalue weighted by atomic mass is 31.1. The Kier molecular flexibility index (Phi) is 2.99. The Morgan fingerprint density at radius 1 is 1.62 bits per heavy atom. The summed E-state index contributed by atoms with van der Waals surface area (Å²) in [6.45, 7) is 5.96. The minimum atomic E-state index is -0.180. The molecule has 1 unspecified atom stereocenters. The highest BCUT2D eigenvalue weighted by Crippen LogP contribution is 2.30. The monoisotopic (exact) mass is 133 g/mol. The normalized spacial score (nSPS) is 14.0. The van der Waals surface area contributed by atoms with Crippen LogP contribution < -0.4 is 5.73 Å². The van der Waals surface area contributed by atoms with Gasteiger partial charge in [-0.15, -0.1) is 7.92 Å². The Bertz CT molecular complexity index is 92.4. The van der Waals surface area contributed by atoms with Gasteiger partial charge in [-0.05, 0) is 20.3 Å². The van der Waals surface area contributed by atoms with Crippen LogP contribution in [0.3, 0.4) is 0 Å². The van der Waals surface area contributed by atoms with Crippen molar-refractivity contribution >= 4 is 13.8 Å². The molecule has 0 rings (SSSR count). The number of amides is 1. The molecule has 0 heterocycles. The van der Waals surface area contributed by atoms with Crippen LogP contribution in [0.5, 0.6) is 0 Å². The Labute approximate surface area is 51.2 Å². The molecule has 0 bridgehead atoms. The maximum atomic E-state index is 10.4. The number of nitrogens with two attached hydrogens (primary N) is 1. The lowest BCUT2D eigenvalue weighted by Gasteiger charge is -2.09. The molecule has 0 aromatic carbocycles. The smallest absolute Gasteiger partial charge is 0.224 e. The summed E-state index contributed by atoms with van der Waals surface area (Å²) < 4.78 is 0. The van der Waals surface area contributed by atoms with Gasteiger partial charge in [-0.1, -0.05) is 0 Å². The van der Waals surface area contributed by atoms with Crippen LogP contribution in [0.15, 0.2) is 0 Å². The molecule has 0 fully saturated rings. The molecule has 1 amide bonds. The first-order valence-corrected chi connectivity index (χ1v) is 4.82. The number of carbonyl (C=O) groups is 1. The largest absolute Gasteiger partial charge is 0.369 e. The Balaban J connectivity index is 3.64. The maximum absolute atomic E-state index is 10.4. The molecule has 0 spiro atoms. The molecule has 8 heavy (non-hydrogen) atoms. The van der Waals surface area contributed by atoms with E-state index in [0.29, 0.717) is 0 Å². The molecule has 2 nitrogen and oxygen atoms in total. The van der Waals surface area contributed by atoms with Crippen molar-refractivity contribution in [2.24, 2.45) is 5.73 Å². The van der Waals surface area contributed by atoms with Crippen LogP contribution in [0.2, 0.25) is 0 Å². The molecule has 3 heteroatoms. The van der Waals surface area contributed by atoms with E-state index in [1.54, 1.807) is 0 Å². The summed E-state index contributed by atoms with van der Waals surface area (Å²) in [4.78, 5) is 10.4. The lowest BCUT2D eigenvalue weighted by Crippen LogP contribution is -2.23. The van der Waals surface area contributed by atoms with Crippen molar-refractivity contribution in [1.29, 1.82) is 0 Å². The van der Waals surface area contributed by atoms with Gasteiger partial charge in [0.15, 0.2) is 0 Å². The van der Waals surface area contributed by atoms with Gasteiger partial charge in [0, 0.05) is 0 Å². The second kappa shape index (κ2) is 3.03. The molecule has 1 atom stereocenters. The van der Waals surface area contributed by atoms with Crippen LogP contribution in [-0.4, -0.2) is 24.9 Å². The minimum absolute atomic E-state index is 0.0741. The van der Waals surface area contributed by atoms with Crippen molar-refractivity contribution in [3.63, 3.8) is 0 Å². The fourth-order valence-corrected chi connectivity index (χ4v) is 0.763. The third-order valence-electron chi connectivity index (χ3n) is 1.19. The van der Waals surface area contributed by atoms with E-state index in [2.05, 4.69) is 0 Å². The predicted molar refractivity (Wildman–Crippen MR) is 37.4 cm³/mol. The molecule has 0 aromatic heterocycles. The zero-order chi connectivity index (χ0) is 6.73. The summed E-state index contributed by atoms with van der Waals surface area (Å²) in [5.74, 6) is -0.180. The number of rotatable bonds is 2. The summed E-state index contributed by atoms with van der Waals surface area (Å²) in [5, 5.41) is 0. The molecular weight excluding hydrogens is 121 g/mol. The second-order valence-corrected chi connectivity index (χ2v) is 4.74. The molecule has 2 N–H and O–H groups in total. The van der Waals surface area contributed by atoms with Gasteiger partial charge in [-0.25, -0.2) is 0 Å². The zero-order valence-electron chi connectivity index (χ0n) is 5.51. The molecule has 0 aliphatic carbocycles. The first kappa shape index (κ1) is 7.90. The molecule has 48 valence electrons. The van der Waals surface area contributed by atoms with Crippen molar-refractivity contribution in [2.75, 3.05) is 13.3 Å². The Morgan fingerprint density at radius 3 is 2.00 bits per heavy atom. The third-order valence-corrected chi connectivity index (χ3v) is 2.99. The van der Waals surface area contributed by atoms with Crippen molar-refractivity contribution in [2.45, 2.75) is 12.6 Å². The van der Waals surface area contributed by atoms with Gasteiger partial charge in [-0.2, -0.15) is 0 Å². The number of carbonyl (C=O) groups excluding carboxylic acids is 1. The molecule has 0 aliphatic heterocycles. The van der Waals surface area contributed by atoms with Gasteiger partial charge in [0.05, 0.1) is 5.66 Å². The van der Waals surface area contributed by atoms with Gasteiger partial charge < -0.3 is 5.73 Å². The van der Waals surface area contributed by atoms with E-state index in [1.807, 2.05) is 20.3 Å². The van der Waals surface area contributed by atoms with E-state index in [4.69, 9.17) is 5.73 Å². The first-order chi connectivity index (χ1) is 3.55. The lowest BCUT2D eigenvalue weighted by atomic mass is 10.5. The fourth-order valence-electron chi connectivity index (χ4n) is 0.254. The molecule has 0 aromatic rings. The van der Waals surface area contributed by atoms with E-state index >= 15 is 0 Å². The topological polar surface area (TPSA) is 43.1 Å². The van der Waals surface area contributed by atoms with Crippen LogP contribution in [0.4, 0.5) is 0 Å². The van der Waals surface area contributed by atoms with Gasteiger partial charge in [0.2, 0.25) is 5.91 Å². The minimum Gasteiger partial charge on any atom is -0.369 e. The van der Waals surface area contributed by atoms with Crippen molar-refractivity contribution in [1.82, 2.24) is 0 Å². The summed E-state index contributed by atoms with van der Waals surface area (Å²) in [6, 6.07) is 0. The van der Waals surface area contributed by atoms with Gasteiger partial charge in [-0.3, -0.25) is 4.79 Å². The maximum Gasteiger partial charge on any atom is 0.224 e. The van der Waals surface area contributed by atoms with E-state index < -0.39 is 0 Å². The van der Waals surface area contributed by atoms with Gasteiger partial charge >= 0.3 is 0 Å². The fraction of sp³-hybridized carbons (Fsp3) is 0.800. The molecule has 0 radical (unpaired) electrons. The summed E-state index contributed by atoms with van der Waals surface area (Å²) in [6.07, 6.45) is 0. The molecule has 0 aliphatic rings. The third kappa shape index (κ3) is 2.27. The molecule has 0 saturated heterocycles. The first-order valence-electron chi connectivity index (χ1n) is 2.51. The summed E-state index contributed by atoms with van der Waals surface area (Å²) in [5.41, 5.74) is 5.09. The summed E-state index contributed by atoms with van der Waals surface area (Å²) >= 11 is 0. The van der Waals surface area contributed by atoms with E-state index in [1.165, 1.54) is 0 Å². The van der Waals surface area contributed by atoms with E-state index in [-0.39, 0.29) is 19.5 Å². The van der Waals surface area contributed by atoms with Gasteiger partial charge in [0.25, 0.3) is 0 Å². The van der Waals surface area contributed by atoms with Crippen LogP contribution in [-0.2, 0) is 4.79 Å². The van der Waals surface area contributed by atoms with Crippen LogP contribution in [0.1, 0.15) is 6.92 Å². The standard InChI is InChI=1S/C5H12NOP/c1-4(5(6)7)8(2)3/h4H,1-3H3,(H2,6,7). The Hall–Kier alpha value is -0.100. The van der Waals surface area contributed by atoms with Crippen molar-refractivity contribution < 1.29 is 4.79 Å².